The third kappa shape index (κ3) is 22.6. The van der Waals surface area contributed by atoms with E-state index in [1.54, 1.807) is 13.8 Å². The molecule has 18 unspecified atom stereocenters. The highest BCUT2D eigenvalue weighted by Gasteiger charge is 2.54. The zero-order valence-electron chi connectivity index (χ0n) is 42.3. The van der Waals surface area contributed by atoms with Gasteiger partial charge in [-0.15, -0.1) is 60.7 Å². The van der Waals surface area contributed by atoms with E-state index in [0.717, 1.165) is 0 Å². The molecule has 0 radical (unpaired) electrons. The first-order valence-corrected chi connectivity index (χ1v) is 22.5. The van der Waals surface area contributed by atoms with E-state index in [-0.39, 0.29) is 19.6 Å². The van der Waals surface area contributed by atoms with Crippen molar-refractivity contribution in [1.29, 1.82) is 0 Å². The van der Waals surface area contributed by atoms with Crippen LogP contribution >= 0.6 is 0 Å². The highest BCUT2D eigenvalue weighted by Crippen LogP contribution is 2.37. The van der Waals surface area contributed by atoms with E-state index in [1.807, 2.05) is 0 Å². The molecular weight excluding hydrogens is 1070 g/mol. The number of hydrogen-bond donors (Lipinski definition) is 0. The molecule has 0 aromatic heterocycles. The van der Waals surface area contributed by atoms with Crippen LogP contribution in [0.4, 0.5) is 0 Å². The summed E-state index contributed by atoms with van der Waals surface area (Å²) in [6, 6.07) is 0. The third-order valence-electron chi connectivity index (χ3n) is 11.6. The zero-order valence-corrected chi connectivity index (χ0v) is 42.3. The number of aldehydes is 2. The maximum atomic E-state index is 11.2. The molecule has 3 heterocycles. The Hall–Kier alpha value is -7.02. The Morgan fingerprint density at radius 2 is 1.03 bits per heavy atom. The second kappa shape index (κ2) is 34.6. The Labute approximate surface area is 432 Å². The number of nitrogens with zero attached hydrogens (tertiary/aromatic N) is 8. The summed E-state index contributed by atoms with van der Waals surface area (Å²) in [5.41, 5.74) is 0. The molecule has 41 nitrogen and oxygen atoms in total. The number of carbonyl (C=O) groups excluding carboxylic acids is 2. The molecule has 3 saturated heterocycles. The van der Waals surface area contributed by atoms with E-state index < -0.39 is 176 Å². The van der Waals surface area contributed by atoms with Gasteiger partial charge in [0.2, 0.25) is 13.1 Å². The summed E-state index contributed by atoms with van der Waals surface area (Å²) in [6.07, 6.45) is -16.2. The number of ether oxygens (including phenoxy) is 9. The molecular formula is C36H60N8O33. The summed E-state index contributed by atoms with van der Waals surface area (Å²) >= 11 is 0. The fraction of sp³-hybridized carbons (Fsp3) is 0.944. The fourth-order valence-corrected chi connectivity index (χ4v) is 8.27. The molecule has 41 heteroatoms. The van der Waals surface area contributed by atoms with E-state index in [1.165, 1.54) is 42.3 Å². The van der Waals surface area contributed by atoms with Gasteiger partial charge in [0.25, 0.3) is 30.5 Å². The van der Waals surface area contributed by atoms with Gasteiger partial charge in [0.15, 0.2) is 31.1 Å². The molecule has 0 saturated carbocycles. The molecule has 0 aliphatic carbocycles. The van der Waals surface area contributed by atoms with Crippen molar-refractivity contribution < 1.29 is 122 Å². The van der Waals surface area contributed by atoms with E-state index in [2.05, 4.69) is 19.4 Å². The van der Waals surface area contributed by atoms with Crippen molar-refractivity contribution in [1.82, 2.24) is 0 Å². The van der Waals surface area contributed by atoms with Gasteiger partial charge in [-0.3, -0.25) is 20.2 Å². The predicted octanol–water partition coefficient (Wildman–Crippen LogP) is -0.730. The maximum absolute atomic E-state index is 11.2. The van der Waals surface area contributed by atoms with Gasteiger partial charge in [-0.2, -0.15) is 0 Å². The molecule has 3 fully saturated rings. The number of carbonyl (C=O) groups is 2. The lowest BCUT2D eigenvalue weighted by Gasteiger charge is -2.48. The molecule has 77 heavy (non-hydrogen) atoms. The van der Waals surface area contributed by atoms with Crippen molar-refractivity contribution in [3.8, 4) is 0 Å². The Balaban J connectivity index is 0.000000632. The van der Waals surface area contributed by atoms with Crippen LogP contribution in [0, 0.1) is 105 Å². The van der Waals surface area contributed by atoms with Crippen molar-refractivity contribution in [2.24, 2.45) is 23.7 Å². The van der Waals surface area contributed by atoms with Crippen LogP contribution in [0.15, 0.2) is 0 Å². The first kappa shape index (κ1) is 68.0. The molecule has 442 valence electrons. The molecule has 0 N–H and O–H groups in total. The second-order valence-corrected chi connectivity index (χ2v) is 16.3. The SMILES string of the molecule is CCC(C=O)C(C[N+](=O)[O-])OC(C=O)COC.CCC1C(C[N+](=O)[O-])OC(COC)C(O[N+](=O)[O-])C1O[N+](=O)[O-].COC1OC(CO[N+](=O)[O-])C(OC2OC(CO[N+](=O)[O-])C(OC)C(C)C2O[N+](=O)[O-])C(O[N+](=O)[O-])C1C. The van der Waals surface area contributed by atoms with Crippen LogP contribution in [0.3, 0.4) is 0 Å². The van der Waals surface area contributed by atoms with Crippen LogP contribution in [0.25, 0.3) is 0 Å². The van der Waals surface area contributed by atoms with Crippen molar-refractivity contribution in [3.05, 3.63) is 80.9 Å². The lowest BCUT2D eigenvalue weighted by Crippen LogP contribution is -2.63. The van der Waals surface area contributed by atoms with E-state index >= 15 is 0 Å². The summed E-state index contributed by atoms with van der Waals surface area (Å²) in [5, 5.41) is 79.8. The van der Waals surface area contributed by atoms with Gasteiger partial charge in [0, 0.05) is 62.0 Å². The Bertz CT molecular complexity index is 1910. The number of hydrogen-bond acceptors (Lipinski definition) is 33. The smallest absolute Gasteiger partial charge is 0.294 e. The van der Waals surface area contributed by atoms with Crippen LogP contribution in [-0.4, -0.2) is 207 Å². The lowest BCUT2D eigenvalue weighted by atomic mass is 9.84. The molecule has 0 bridgehead atoms. The zero-order chi connectivity index (χ0) is 58.7. The van der Waals surface area contributed by atoms with E-state index in [4.69, 9.17) is 52.3 Å². The number of nitro groups is 2. The number of rotatable bonds is 33. The highest BCUT2D eigenvalue weighted by molar-refractivity contribution is 5.57. The normalized spacial score (nSPS) is 29.7. The maximum Gasteiger partial charge on any atom is 0.294 e. The van der Waals surface area contributed by atoms with Crippen molar-refractivity contribution in [2.45, 2.75) is 126 Å². The second-order valence-electron chi connectivity index (χ2n) is 16.3. The fourth-order valence-electron chi connectivity index (χ4n) is 8.27. The van der Waals surface area contributed by atoms with Gasteiger partial charge >= 0.3 is 0 Å². The summed E-state index contributed by atoms with van der Waals surface area (Å²) in [5.74, 6) is -3.25. The average Bonchev–Trinajstić information content (AvgIpc) is 3.33. The topological polar surface area (TPSA) is 518 Å². The lowest BCUT2D eigenvalue weighted by molar-refractivity contribution is -0.805. The molecule has 3 aliphatic heterocycles. The minimum Gasteiger partial charge on any atom is -0.382 e. The predicted molar refractivity (Wildman–Crippen MR) is 236 cm³/mol. The molecule has 0 amide bonds. The quantitative estimate of drug-likeness (QED) is 0.0444. The van der Waals surface area contributed by atoms with Crippen LogP contribution < -0.4 is 0 Å². The Morgan fingerprint density at radius 3 is 1.45 bits per heavy atom. The first-order chi connectivity index (χ1) is 36.3. The minimum atomic E-state index is -1.73. The monoisotopic (exact) mass is 1130 g/mol. The summed E-state index contributed by atoms with van der Waals surface area (Å²) in [4.78, 5) is 134. The van der Waals surface area contributed by atoms with E-state index in [0.29, 0.717) is 19.0 Å². The van der Waals surface area contributed by atoms with Gasteiger partial charge in [-0.1, -0.05) is 27.7 Å². The highest BCUT2D eigenvalue weighted by atomic mass is 17.0. The van der Waals surface area contributed by atoms with Crippen molar-refractivity contribution in [2.75, 3.05) is 68.0 Å². The van der Waals surface area contributed by atoms with Crippen LogP contribution in [-0.2, 0) is 81.2 Å². The van der Waals surface area contributed by atoms with Crippen LogP contribution in [0.2, 0.25) is 0 Å². The molecule has 0 aromatic rings. The summed E-state index contributed by atoms with van der Waals surface area (Å²) in [6.45, 7) is 3.40. The molecule has 0 aromatic carbocycles. The molecule has 3 aliphatic rings. The Morgan fingerprint density at radius 1 is 0.519 bits per heavy atom. The third-order valence-corrected chi connectivity index (χ3v) is 11.6. The molecule has 0 spiro atoms. The van der Waals surface area contributed by atoms with Gasteiger partial charge < -0.3 is 81.2 Å². The van der Waals surface area contributed by atoms with E-state index in [9.17, 15) is 90.5 Å². The van der Waals surface area contributed by atoms with Crippen LogP contribution in [0.5, 0.6) is 0 Å². The van der Waals surface area contributed by atoms with Crippen molar-refractivity contribution >= 4 is 12.6 Å². The molecule has 18 atom stereocenters. The first-order valence-electron chi connectivity index (χ1n) is 22.5. The van der Waals surface area contributed by atoms with Gasteiger partial charge in [0.05, 0.1) is 19.3 Å². The molecule has 3 rings (SSSR count). The van der Waals surface area contributed by atoms with Crippen LogP contribution in [0.1, 0.15) is 40.5 Å². The Kier molecular flexibility index (Phi) is 30.6. The van der Waals surface area contributed by atoms with Gasteiger partial charge in [-0.05, 0) is 12.8 Å². The van der Waals surface area contributed by atoms with Crippen molar-refractivity contribution in [3.63, 3.8) is 0 Å². The largest absolute Gasteiger partial charge is 0.382 e. The van der Waals surface area contributed by atoms with Gasteiger partial charge in [0.1, 0.15) is 74.4 Å². The average molecular weight is 1130 g/mol. The standard InChI is InChI=1S/C16H26N4O17.C10H17N3O10.C10H17NO6/c1-7-11(29-3)9(5-31-17(21)22)34-16(13(7)37-20(27)28)35-14-10(6-32-18(23)24)33-15(30-4)8(2)12(14)36-19(25)26;1-3-6-7(4-11(14)15)21-8(5-20-2)10(23-13(18)19)9(6)22-12(16)17;1-3-8(5-12)10(4-11(14)15)17-9(6-13)7-16-2/h7-16H,5-6H2,1-4H3;6-10H,3-5H2,1-2H3;5-6,8-10H,3-4,7H2,1-2H3. The summed E-state index contributed by atoms with van der Waals surface area (Å²) < 4.78 is 47.8. The van der Waals surface area contributed by atoms with Gasteiger partial charge in [-0.25, -0.2) is 0 Å². The minimum absolute atomic E-state index is 0.00695. The summed E-state index contributed by atoms with van der Waals surface area (Å²) in [7, 11) is 5.11. The number of methoxy groups -OCH3 is 4.